The van der Waals surface area contributed by atoms with Gasteiger partial charge >= 0.3 is 0 Å². The van der Waals surface area contributed by atoms with Crippen LogP contribution >= 0.6 is 0 Å². The van der Waals surface area contributed by atoms with Gasteiger partial charge in [0.05, 0.1) is 30.7 Å². The minimum atomic E-state index is -0.0842. The Morgan fingerprint density at radius 2 is 2.05 bits per heavy atom. The maximum absolute atomic E-state index is 5.74. The van der Waals surface area contributed by atoms with Gasteiger partial charge in [0.1, 0.15) is 0 Å². The van der Waals surface area contributed by atoms with Crippen LogP contribution < -0.4 is 16.0 Å². The summed E-state index contributed by atoms with van der Waals surface area (Å²) in [6, 6.07) is -0.0842. The number of aryl methyl sites for hydroxylation is 3. The van der Waals surface area contributed by atoms with E-state index in [4.69, 9.17) is 10.6 Å². The maximum Gasteiger partial charge on any atom is 0.161 e. The van der Waals surface area contributed by atoms with Crippen LogP contribution in [0, 0.1) is 13.8 Å². The van der Waals surface area contributed by atoms with Gasteiger partial charge in [-0.3, -0.25) is 20.6 Å². The standard InChI is InChI=1S/C13H22N6O/c1-8-10(9(2)18(3)17-8)6-11(16-14)13-12(20-5)7-15-19(13)4/h7,11,16H,6,14H2,1-5H3. The molecular formula is C13H22N6O. The highest BCUT2D eigenvalue weighted by Gasteiger charge is 2.22. The quantitative estimate of drug-likeness (QED) is 0.615. The minimum Gasteiger partial charge on any atom is -0.493 e. The van der Waals surface area contributed by atoms with Crippen molar-refractivity contribution in [2.45, 2.75) is 26.3 Å². The lowest BCUT2D eigenvalue weighted by molar-refractivity contribution is 0.393. The van der Waals surface area contributed by atoms with E-state index < -0.39 is 0 Å². The van der Waals surface area contributed by atoms with Crippen molar-refractivity contribution < 1.29 is 4.74 Å². The number of hydrazine groups is 1. The number of methoxy groups -OCH3 is 1. The molecule has 0 aromatic carbocycles. The first-order valence-corrected chi connectivity index (χ1v) is 6.50. The molecule has 0 spiro atoms. The van der Waals surface area contributed by atoms with E-state index in [1.54, 1.807) is 18.0 Å². The highest BCUT2D eigenvalue weighted by Crippen LogP contribution is 2.28. The van der Waals surface area contributed by atoms with E-state index in [1.807, 2.05) is 25.7 Å². The fraction of sp³-hybridized carbons (Fsp3) is 0.538. The number of rotatable bonds is 5. The number of aromatic nitrogens is 4. The predicted molar refractivity (Wildman–Crippen MR) is 76.2 cm³/mol. The van der Waals surface area contributed by atoms with Gasteiger partial charge in [-0.2, -0.15) is 10.2 Å². The number of hydrogen-bond acceptors (Lipinski definition) is 5. The zero-order valence-electron chi connectivity index (χ0n) is 12.6. The van der Waals surface area contributed by atoms with Crippen LogP contribution in [0.4, 0.5) is 0 Å². The van der Waals surface area contributed by atoms with Gasteiger partial charge in [0.15, 0.2) is 5.75 Å². The van der Waals surface area contributed by atoms with Crippen LogP contribution in [0.2, 0.25) is 0 Å². The molecule has 0 aliphatic heterocycles. The van der Waals surface area contributed by atoms with Gasteiger partial charge in [0, 0.05) is 19.8 Å². The summed E-state index contributed by atoms with van der Waals surface area (Å²) in [7, 11) is 5.46. The molecule has 2 rings (SSSR count). The maximum atomic E-state index is 5.74. The first-order chi connectivity index (χ1) is 9.49. The van der Waals surface area contributed by atoms with E-state index in [0.717, 1.165) is 29.3 Å². The Labute approximate surface area is 118 Å². The Balaban J connectivity index is 2.36. The average Bonchev–Trinajstić information content (AvgIpc) is 2.90. The number of nitrogens with one attached hydrogen (secondary N) is 1. The Bertz CT molecular complexity index is 600. The second kappa shape index (κ2) is 5.64. The summed E-state index contributed by atoms with van der Waals surface area (Å²) >= 11 is 0. The van der Waals surface area contributed by atoms with E-state index >= 15 is 0 Å². The van der Waals surface area contributed by atoms with Crippen molar-refractivity contribution >= 4 is 0 Å². The van der Waals surface area contributed by atoms with Crippen molar-refractivity contribution in [2.75, 3.05) is 7.11 Å². The van der Waals surface area contributed by atoms with Crippen LogP contribution in [0.15, 0.2) is 6.20 Å². The van der Waals surface area contributed by atoms with Gasteiger partial charge in [-0.25, -0.2) is 0 Å². The summed E-state index contributed by atoms with van der Waals surface area (Å²) in [6.45, 7) is 4.07. The molecule has 2 aromatic rings. The fourth-order valence-corrected chi connectivity index (χ4v) is 2.53. The van der Waals surface area contributed by atoms with Crippen molar-refractivity contribution in [1.29, 1.82) is 0 Å². The molecule has 7 heteroatoms. The zero-order valence-corrected chi connectivity index (χ0v) is 12.6. The lowest BCUT2D eigenvalue weighted by Gasteiger charge is -2.18. The number of ether oxygens (including phenoxy) is 1. The topological polar surface area (TPSA) is 82.9 Å². The normalized spacial score (nSPS) is 12.7. The second-order valence-electron chi connectivity index (χ2n) is 4.92. The van der Waals surface area contributed by atoms with E-state index in [2.05, 4.69) is 22.5 Å². The summed E-state index contributed by atoms with van der Waals surface area (Å²) in [4.78, 5) is 0. The summed E-state index contributed by atoms with van der Waals surface area (Å²) in [5.41, 5.74) is 7.14. The van der Waals surface area contributed by atoms with Gasteiger partial charge in [0.25, 0.3) is 0 Å². The molecule has 1 atom stereocenters. The molecule has 0 aliphatic carbocycles. The molecule has 3 N–H and O–H groups in total. The number of nitrogens with two attached hydrogens (primary N) is 1. The third-order valence-electron chi connectivity index (χ3n) is 3.77. The largest absolute Gasteiger partial charge is 0.493 e. The molecule has 0 saturated carbocycles. The van der Waals surface area contributed by atoms with Crippen molar-refractivity contribution in [3.8, 4) is 5.75 Å². The SMILES string of the molecule is COc1cnn(C)c1C(Cc1c(C)nn(C)c1C)NN. The minimum absolute atomic E-state index is 0.0842. The second-order valence-corrected chi connectivity index (χ2v) is 4.92. The van der Waals surface area contributed by atoms with Crippen LogP contribution in [-0.2, 0) is 20.5 Å². The van der Waals surface area contributed by atoms with Crippen molar-refractivity contribution in [2.24, 2.45) is 19.9 Å². The Morgan fingerprint density at radius 3 is 2.55 bits per heavy atom. The molecule has 7 nitrogen and oxygen atoms in total. The van der Waals surface area contributed by atoms with Gasteiger partial charge in [-0.1, -0.05) is 0 Å². The molecule has 110 valence electrons. The molecule has 0 amide bonds. The Kier molecular flexibility index (Phi) is 4.10. The van der Waals surface area contributed by atoms with E-state index in [9.17, 15) is 0 Å². The molecule has 0 saturated heterocycles. The third kappa shape index (κ3) is 2.41. The lowest BCUT2D eigenvalue weighted by atomic mass is 10.0. The number of nitrogens with zero attached hydrogens (tertiary/aromatic N) is 4. The Morgan fingerprint density at radius 1 is 1.35 bits per heavy atom. The lowest BCUT2D eigenvalue weighted by Crippen LogP contribution is -2.31. The number of hydrogen-bond donors (Lipinski definition) is 2. The van der Waals surface area contributed by atoms with Crippen molar-refractivity contribution in [3.63, 3.8) is 0 Å². The van der Waals surface area contributed by atoms with E-state index in [0.29, 0.717) is 0 Å². The van der Waals surface area contributed by atoms with Crippen LogP contribution in [-0.4, -0.2) is 26.7 Å². The summed E-state index contributed by atoms with van der Waals surface area (Å²) in [5, 5.41) is 8.66. The summed E-state index contributed by atoms with van der Waals surface area (Å²) < 4.78 is 9.02. The summed E-state index contributed by atoms with van der Waals surface area (Å²) in [6.07, 6.45) is 2.43. The highest BCUT2D eigenvalue weighted by atomic mass is 16.5. The van der Waals surface area contributed by atoms with Crippen LogP contribution in [0.25, 0.3) is 0 Å². The highest BCUT2D eigenvalue weighted by molar-refractivity contribution is 5.32. The predicted octanol–water partition coefficient (Wildman–Crippen LogP) is 0.526. The first-order valence-electron chi connectivity index (χ1n) is 6.50. The Hall–Kier alpha value is -1.86. The molecule has 2 heterocycles. The molecule has 0 aliphatic rings. The van der Waals surface area contributed by atoms with Crippen LogP contribution in [0.1, 0.15) is 28.7 Å². The smallest absolute Gasteiger partial charge is 0.161 e. The van der Waals surface area contributed by atoms with Gasteiger partial charge in [0.2, 0.25) is 0 Å². The summed E-state index contributed by atoms with van der Waals surface area (Å²) in [5.74, 6) is 6.47. The molecule has 0 radical (unpaired) electrons. The van der Waals surface area contributed by atoms with Crippen molar-refractivity contribution in [1.82, 2.24) is 25.0 Å². The third-order valence-corrected chi connectivity index (χ3v) is 3.77. The van der Waals surface area contributed by atoms with Gasteiger partial charge < -0.3 is 4.74 Å². The molecule has 2 aromatic heterocycles. The van der Waals surface area contributed by atoms with Gasteiger partial charge in [-0.05, 0) is 25.8 Å². The van der Waals surface area contributed by atoms with Crippen LogP contribution in [0.3, 0.4) is 0 Å². The van der Waals surface area contributed by atoms with Gasteiger partial charge in [-0.15, -0.1) is 0 Å². The van der Waals surface area contributed by atoms with Crippen LogP contribution in [0.5, 0.6) is 5.75 Å². The average molecular weight is 278 g/mol. The molecule has 20 heavy (non-hydrogen) atoms. The fourth-order valence-electron chi connectivity index (χ4n) is 2.53. The van der Waals surface area contributed by atoms with E-state index in [1.165, 1.54) is 5.56 Å². The zero-order chi connectivity index (χ0) is 14.9. The van der Waals surface area contributed by atoms with E-state index in [-0.39, 0.29) is 6.04 Å². The molecule has 1 unspecified atom stereocenters. The molecule has 0 fully saturated rings. The van der Waals surface area contributed by atoms with Crippen molar-refractivity contribution in [3.05, 3.63) is 28.8 Å². The monoisotopic (exact) mass is 278 g/mol. The molecule has 0 bridgehead atoms. The molecular weight excluding hydrogens is 256 g/mol. The first kappa shape index (κ1) is 14.5.